The third-order valence-corrected chi connectivity index (χ3v) is 4.93. The maximum absolute atomic E-state index is 12.9. The van der Waals surface area contributed by atoms with Gasteiger partial charge in [-0.15, -0.1) is 0 Å². The number of carbonyl (C=O) groups excluding carboxylic acids is 2. The zero-order valence-electron chi connectivity index (χ0n) is 12.4. The summed E-state index contributed by atoms with van der Waals surface area (Å²) >= 11 is 5.08. The molecule has 2 amide bonds. The Hall–Kier alpha value is -0.970. The van der Waals surface area contributed by atoms with Crippen molar-refractivity contribution in [2.24, 2.45) is 17.1 Å². The van der Waals surface area contributed by atoms with E-state index in [1.807, 2.05) is 13.8 Å². The minimum Gasteiger partial charge on any atom is -0.392 e. The Morgan fingerprint density at radius 2 is 1.75 bits per heavy atom. The molecule has 1 saturated heterocycles. The lowest BCUT2D eigenvalue weighted by Crippen LogP contribution is -2.51. The minimum atomic E-state index is -0.467. The van der Waals surface area contributed by atoms with Gasteiger partial charge in [0.05, 0.1) is 16.4 Å². The third-order valence-electron chi connectivity index (χ3n) is 4.69. The number of amides is 2. The third kappa shape index (κ3) is 2.60. The molecule has 1 saturated carbocycles. The van der Waals surface area contributed by atoms with Crippen LogP contribution in [-0.4, -0.2) is 27.7 Å². The maximum Gasteiger partial charge on any atom is 0.236 e. The highest BCUT2D eigenvalue weighted by molar-refractivity contribution is 7.80. The molecule has 4 nitrogen and oxygen atoms in total. The molecule has 1 spiro atoms. The Bertz CT molecular complexity index is 426. The van der Waals surface area contributed by atoms with E-state index in [-0.39, 0.29) is 22.7 Å². The van der Waals surface area contributed by atoms with Crippen LogP contribution in [0.5, 0.6) is 0 Å². The van der Waals surface area contributed by atoms with Gasteiger partial charge in [0.25, 0.3) is 0 Å². The molecule has 0 aromatic heterocycles. The van der Waals surface area contributed by atoms with Gasteiger partial charge in [0.1, 0.15) is 0 Å². The number of carbonyl (C=O) groups is 2. The highest BCUT2D eigenvalue weighted by Gasteiger charge is 2.53. The lowest BCUT2D eigenvalue weighted by molar-refractivity contribution is -0.143. The lowest BCUT2D eigenvalue weighted by atomic mass is 9.79. The molecule has 0 aromatic carbocycles. The molecule has 20 heavy (non-hydrogen) atoms. The van der Waals surface area contributed by atoms with Gasteiger partial charge in [-0.2, -0.15) is 0 Å². The normalized spacial score (nSPS) is 24.2. The lowest BCUT2D eigenvalue weighted by Gasteiger charge is -2.31. The van der Waals surface area contributed by atoms with Gasteiger partial charge in [-0.3, -0.25) is 14.5 Å². The fourth-order valence-electron chi connectivity index (χ4n) is 3.65. The molecule has 2 N–H and O–H groups in total. The number of likely N-dealkylation sites (tertiary alicyclic amines) is 1. The van der Waals surface area contributed by atoms with Gasteiger partial charge >= 0.3 is 0 Å². The largest absolute Gasteiger partial charge is 0.392 e. The van der Waals surface area contributed by atoms with Crippen LogP contribution in [0.2, 0.25) is 0 Å². The first kappa shape index (κ1) is 15.4. The average molecular weight is 296 g/mol. The number of nitrogens with zero attached hydrogens (tertiary/aromatic N) is 1. The number of nitrogens with two attached hydrogens (primary N) is 1. The van der Waals surface area contributed by atoms with Crippen molar-refractivity contribution in [2.75, 3.05) is 0 Å². The SMILES string of the molecule is CC(C)C(C(N)=S)N1C(=O)CC2(CCCCCC2)C1=O. The van der Waals surface area contributed by atoms with Crippen LogP contribution in [0.25, 0.3) is 0 Å². The fourth-order valence-corrected chi connectivity index (χ4v) is 4.03. The van der Waals surface area contributed by atoms with E-state index in [0.717, 1.165) is 38.5 Å². The van der Waals surface area contributed by atoms with E-state index in [2.05, 4.69) is 0 Å². The standard InChI is InChI=1S/C15H24N2O2S/c1-10(2)12(13(16)20)17-11(18)9-15(14(17)19)7-5-3-4-6-8-15/h10,12H,3-9H2,1-2H3,(H2,16,20). The van der Waals surface area contributed by atoms with E-state index in [0.29, 0.717) is 6.42 Å². The summed E-state index contributed by atoms with van der Waals surface area (Å²) in [7, 11) is 0. The molecule has 0 bridgehead atoms. The highest BCUT2D eigenvalue weighted by atomic mass is 32.1. The summed E-state index contributed by atoms with van der Waals surface area (Å²) < 4.78 is 0. The van der Waals surface area contributed by atoms with Gasteiger partial charge < -0.3 is 5.73 Å². The van der Waals surface area contributed by atoms with Crippen LogP contribution in [0.3, 0.4) is 0 Å². The fraction of sp³-hybridized carbons (Fsp3) is 0.800. The number of imide groups is 1. The Balaban J connectivity index is 2.30. The zero-order chi connectivity index (χ0) is 14.9. The smallest absolute Gasteiger partial charge is 0.236 e. The Labute approximate surface area is 126 Å². The van der Waals surface area contributed by atoms with Crippen LogP contribution in [0.1, 0.15) is 58.8 Å². The summed E-state index contributed by atoms with van der Waals surface area (Å²) in [4.78, 5) is 26.9. The molecule has 1 atom stereocenters. The van der Waals surface area contributed by atoms with E-state index in [1.54, 1.807) is 0 Å². The summed E-state index contributed by atoms with van der Waals surface area (Å²) in [5.41, 5.74) is 5.31. The van der Waals surface area contributed by atoms with Crippen molar-refractivity contribution < 1.29 is 9.59 Å². The molecule has 112 valence electrons. The molecular formula is C15H24N2O2S. The molecule has 1 heterocycles. The van der Waals surface area contributed by atoms with Crippen LogP contribution in [-0.2, 0) is 9.59 Å². The molecule has 5 heteroatoms. The summed E-state index contributed by atoms with van der Waals surface area (Å²) in [6, 6.07) is -0.437. The number of thiocarbonyl (C=S) groups is 1. The molecule has 2 fully saturated rings. The van der Waals surface area contributed by atoms with Crippen molar-refractivity contribution in [3.8, 4) is 0 Å². The second kappa shape index (κ2) is 5.80. The molecule has 0 aromatic rings. The van der Waals surface area contributed by atoms with E-state index >= 15 is 0 Å². The first-order chi connectivity index (χ1) is 9.39. The molecule has 1 unspecified atom stereocenters. The van der Waals surface area contributed by atoms with E-state index < -0.39 is 11.5 Å². The first-order valence-electron chi connectivity index (χ1n) is 7.55. The van der Waals surface area contributed by atoms with Crippen molar-refractivity contribution in [3.05, 3.63) is 0 Å². The van der Waals surface area contributed by atoms with Crippen molar-refractivity contribution in [1.29, 1.82) is 0 Å². The van der Waals surface area contributed by atoms with E-state index in [9.17, 15) is 9.59 Å². The number of rotatable bonds is 3. The zero-order valence-corrected chi connectivity index (χ0v) is 13.2. The van der Waals surface area contributed by atoms with Crippen molar-refractivity contribution in [1.82, 2.24) is 4.90 Å². The molecule has 2 rings (SSSR count). The van der Waals surface area contributed by atoms with Gasteiger partial charge in [-0.1, -0.05) is 51.7 Å². The maximum atomic E-state index is 12.9. The van der Waals surface area contributed by atoms with Crippen molar-refractivity contribution in [2.45, 2.75) is 64.8 Å². The van der Waals surface area contributed by atoms with Gasteiger partial charge in [0.2, 0.25) is 11.8 Å². The molecular weight excluding hydrogens is 272 g/mol. The summed E-state index contributed by atoms with van der Waals surface area (Å²) in [6.07, 6.45) is 6.39. The van der Waals surface area contributed by atoms with Crippen LogP contribution in [0, 0.1) is 11.3 Å². The predicted molar refractivity (Wildman–Crippen MR) is 82.0 cm³/mol. The van der Waals surface area contributed by atoms with Gasteiger partial charge in [0, 0.05) is 6.42 Å². The van der Waals surface area contributed by atoms with Crippen LogP contribution >= 0.6 is 12.2 Å². The van der Waals surface area contributed by atoms with Crippen molar-refractivity contribution in [3.63, 3.8) is 0 Å². The number of hydrogen-bond acceptors (Lipinski definition) is 3. The second-order valence-corrected chi connectivity index (χ2v) is 7.00. The van der Waals surface area contributed by atoms with Gasteiger partial charge in [-0.05, 0) is 18.8 Å². The first-order valence-corrected chi connectivity index (χ1v) is 7.96. The summed E-state index contributed by atoms with van der Waals surface area (Å²) in [6.45, 7) is 3.89. The van der Waals surface area contributed by atoms with Crippen LogP contribution in [0.4, 0.5) is 0 Å². The molecule has 1 aliphatic carbocycles. The topological polar surface area (TPSA) is 63.4 Å². The predicted octanol–water partition coefficient (Wildman–Crippen LogP) is 2.40. The van der Waals surface area contributed by atoms with E-state index in [4.69, 9.17) is 18.0 Å². The van der Waals surface area contributed by atoms with Crippen molar-refractivity contribution >= 4 is 29.0 Å². The highest BCUT2D eigenvalue weighted by Crippen LogP contribution is 2.45. The quantitative estimate of drug-likeness (QED) is 0.641. The monoisotopic (exact) mass is 296 g/mol. The Kier molecular flexibility index (Phi) is 4.47. The van der Waals surface area contributed by atoms with E-state index in [1.165, 1.54) is 4.90 Å². The average Bonchev–Trinajstić information content (AvgIpc) is 2.56. The van der Waals surface area contributed by atoms with Crippen LogP contribution in [0.15, 0.2) is 0 Å². The summed E-state index contributed by atoms with van der Waals surface area (Å²) in [5, 5.41) is 0. The van der Waals surface area contributed by atoms with Gasteiger partial charge in [0.15, 0.2) is 0 Å². The molecule has 1 aliphatic heterocycles. The molecule has 0 radical (unpaired) electrons. The number of hydrogen-bond donors (Lipinski definition) is 1. The second-order valence-electron chi connectivity index (χ2n) is 6.53. The minimum absolute atomic E-state index is 0.0316. The Morgan fingerprint density at radius 3 is 2.20 bits per heavy atom. The Morgan fingerprint density at radius 1 is 1.20 bits per heavy atom. The van der Waals surface area contributed by atoms with Gasteiger partial charge in [-0.25, -0.2) is 0 Å². The van der Waals surface area contributed by atoms with Crippen LogP contribution < -0.4 is 5.73 Å². The summed E-state index contributed by atoms with van der Waals surface area (Å²) in [5.74, 6) is -0.0689. The molecule has 2 aliphatic rings.